The molecule has 1 aromatic rings. The van der Waals surface area contributed by atoms with Crippen molar-refractivity contribution in [3.63, 3.8) is 0 Å². The minimum Gasteiger partial charge on any atom is -0.384 e. The minimum absolute atomic E-state index is 0.206. The second-order valence-corrected chi connectivity index (χ2v) is 3.46. The summed E-state index contributed by atoms with van der Waals surface area (Å²) < 4.78 is 37.3. The van der Waals surface area contributed by atoms with Crippen LogP contribution in [-0.4, -0.2) is 28.6 Å². The lowest BCUT2D eigenvalue weighted by molar-refractivity contribution is -0.137. The standard InChI is InChI=1S/C9H11F3N4O2/c10-9(11,12)4-1-6(13)16-7(2-4)15-3-5(17)8(14)18/h1-2,5,17H,3H2,(H2,14,18)(H3,13,15,16). The Kier molecular flexibility index (Phi) is 3.96. The summed E-state index contributed by atoms with van der Waals surface area (Å²) in [6, 6.07) is 1.39. The number of hydrogen-bond acceptors (Lipinski definition) is 5. The summed E-state index contributed by atoms with van der Waals surface area (Å²) in [5.74, 6) is -1.54. The predicted molar refractivity (Wildman–Crippen MR) is 57.3 cm³/mol. The van der Waals surface area contributed by atoms with Crippen LogP contribution in [0.25, 0.3) is 0 Å². The first kappa shape index (κ1) is 14.0. The summed E-state index contributed by atoms with van der Waals surface area (Å²) in [4.78, 5) is 14.1. The van der Waals surface area contributed by atoms with Gasteiger partial charge in [-0.1, -0.05) is 0 Å². The van der Waals surface area contributed by atoms with Crippen molar-refractivity contribution in [1.82, 2.24) is 4.98 Å². The van der Waals surface area contributed by atoms with Crippen LogP contribution in [0, 0.1) is 0 Å². The molecule has 1 aromatic heterocycles. The number of pyridine rings is 1. The summed E-state index contributed by atoms with van der Waals surface area (Å²) in [6.07, 6.45) is -6.09. The van der Waals surface area contributed by atoms with E-state index in [9.17, 15) is 18.0 Å². The zero-order chi connectivity index (χ0) is 13.9. The maximum absolute atomic E-state index is 12.4. The van der Waals surface area contributed by atoms with Crippen LogP contribution in [0.5, 0.6) is 0 Å². The molecule has 0 saturated carbocycles. The Bertz CT molecular complexity index is 450. The van der Waals surface area contributed by atoms with Crippen LogP contribution >= 0.6 is 0 Å². The third-order valence-corrected chi connectivity index (χ3v) is 1.98. The lowest BCUT2D eigenvalue weighted by atomic mass is 10.2. The number of aliphatic hydroxyl groups excluding tert-OH is 1. The Labute approximate surface area is 99.8 Å². The molecule has 0 fully saturated rings. The lowest BCUT2D eigenvalue weighted by Crippen LogP contribution is -2.34. The van der Waals surface area contributed by atoms with E-state index in [4.69, 9.17) is 16.6 Å². The highest BCUT2D eigenvalue weighted by Gasteiger charge is 2.31. The van der Waals surface area contributed by atoms with Crippen molar-refractivity contribution in [1.29, 1.82) is 0 Å². The second kappa shape index (κ2) is 5.08. The summed E-state index contributed by atoms with van der Waals surface area (Å²) in [6.45, 7) is -0.358. The van der Waals surface area contributed by atoms with Crippen molar-refractivity contribution in [2.24, 2.45) is 5.73 Å². The Hall–Kier alpha value is -2.03. The van der Waals surface area contributed by atoms with E-state index in [1.807, 2.05) is 0 Å². The molecule has 6 N–H and O–H groups in total. The normalized spacial score (nSPS) is 13.1. The second-order valence-electron chi connectivity index (χ2n) is 3.46. The fourth-order valence-electron chi connectivity index (χ4n) is 1.11. The molecule has 0 saturated heterocycles. The Morgan fingerprint density at radius 2 is 2.11 bits per heavy atom. The van der Waals surface area contributed by atoms with Crippen molar-refractivity contribution in [2.75, 3.05) is 17.6 Å². The number of halogens is 3. The average molecular weight is 264 g/mol. The quantitative estimate of drug-likeness (QED) is 0.608. The van der Waals surface area contributed by atoms with Crippen molar-refractivity contribution in [3.8, 4) is 0 Å². The first-order valence-electron chi connectivity index (χ1n) is 4.76. The van der Waals surface area contributed by atoms with Gasteiger partial charge in [0.15, 0.2) is 0 Å². The largest absolute Gasteiger partial charge is 0.416 e. The number of primary amides is 1. The molecule has 9 heteroatoms. The third kappa shape index (κ3) is 3.77. The van der Waals surface area contributed by atoms with E-state index >= 15 is 0 Å². The van der Waals surface area contributed by atoms with Gasteiger partial charge in [-0.25, -0.2) is 4.98 Å². The number of aliphatic hydroxyl groups is 1. The number of carbonyl (C=O) groups excluding carboxylic acids is 1. The van der Waals surface area contributed by atoms with Gasteiger partial charge in [-0.05, 0) is 12.1 Å². The molecule has 6 nitrogen and oxygen atoms in total. The first-order valence-corrected chi connectivity index (χ1v) is 4.76. The number of anilines is 2. The van der Waals surface area contributed by atoms with E-state index in [0.717, 1.165) is 0 Å². The third-order valence-electron chi connectivity index (χ3n) is 1.98. The molecular weight excluding hydrogens is 253 g/mol. The molecule has 0 bridgehead atoms. The van der Waals surface area contributed by atoms with E-state index in [1.54, 1.807) is 0 Å². The van der Waals surface area contributed by atoms with Crippen LogP contribution < -0.4 is 16.8 Å². The minimum atomic E-state index is -4.56. The Morgan fingerprint density at radius 1 is 1.50 bits per heavy atom. The van der Waals surface area contributed by atoms with Crippen LogP contribution in [-0.2, 0) is 11.0 Å². The van der Waals surface area contributed by atoms with Gasteiger partial charge >= 0.3 is 6.18 Å². The highest BCUT2D eigenvalue weighted by molar-refractivity contribution is 5.79. The van der Waals surface area contributed by atoms with Crippen molar-refractivity contribution >= 4 is 17.5 Å². The molecule has 0 spiro atoms. The predicted octanol–water partition coefficient (Wildman–Crippen LogP) is -0.0593. The summed E-state index contributed by atoms with van der Waals surface area (Å²) in [7, 11) is 0. The van der Waals surface area contributed by atoms with Crippen LogP contribution in [0.4, 0.5) is 24.8 Å². The van der Waals surface area contributed by atoms with Gasteiger partial charge in [0.1, 0.15) is 17.7 Å². The van der Waals surface area contributed by atoms with Crippen LogP contribution in [0.2, 0.25) is 0 Å². The zero-order valence-corrected chi connectivity index (χ0v) is 9.03. The zero-order valence-electron chi connectivity index (χ0n) is 9.03. The molecule has 1 heterocycles. The van der Waals surface area contributed by atoms with Crippen LogP contribution in [0.15, 0.2) is 12.1 Å². The molecule has 1 amide bonds. The van der Waals surface area contributed by atoms with Gasteiger partial charge in [-0.2, -0.15) is 13.2 Å². The summed E-state index contributed by atoms with van der Waals surface area (Å²) >= 11 is 0. The maximum atomic E-state index is 12.4. The number of nitrogens with one attached hydrogen (secondary N) is 1. The Morgan fingerprint density at radius 3 is 2.61 bits per heavy atom. The molecule has 18 heavy (non-hydrogen) atoms. The highest BCUT2D eigenvalue weighted by Crippen LogP contribution is 2.31. The van der Waals surface area contributed by atoms with Gasteiger partial charge in [0.05, 0.1) is 12.1 Å². The molecule has 0 radical (unpaired) electrons. The van der Waals surface area contributed by atoms with Gasteiger partial charge < -0.3 is 21.9 Å². The molecule has 0 aliphatic heterocycles. The fraction of sp³-hybridized carbons (Fsp3) is 0.333. The molecule has 1 atom stereocenters. The average Bonchev–Trinajstić information content (AvgIpc) is 2.23. The molecule has 0 aromatic carbocycles. The SMILES string of the molecule is NC(=O)C(O)CNc1cc(C(F)(F)F)cc(N)n1. The first-order chi connectivity index (χ1) is 8.20. The highest BCUT2D eigenvalue weighted by atomic mass is 19.4. The number of hydrogen-bond donors (Lipinski definition) is 4. The van der Waals surface area contributed by atoms with Crippen LogP contribution in [0.1, 0.15) is 5.56 Å². The van der Waals surface area contributed by atoms with Crippen molar-refractivity contribution in [2.45, 2.75) is 12.3 Å². The summed E-state index contributed by atoms with van der Waals surface area (Å²) in [5.41, 5.74) is 9.01. The monoisotopic (exact) mass is 264 g/mol. The smallest absolute Gasteiger partial charge is 0.384 e. The number of carbonyl (C=O) groups is 1. The molecule has 1 unspecified atom stereocenters. The summed E-state index contributed by atoms with van der Waals surface area (Å²) in [5, 5.41) is 11.4. The number of nitrogen functional groups attached to an aromatic ring is 1. The van der Waals surface area contributed by atoms with Crippen molar-refractivity contribution < 1.29 is 23.1 Å². The van der Waals surface area contributed by atoms with Gasteiger partial charge in [0.25, 0.3) is 0 Å². The van der Waals surface area contributed by atoms with E-state index < -0.39 is 23.8 Å². The number of nitrogens with zero attached hydrogens (tertiary/aromatic N) is 1. The molecule has 0 aliphatic rings. The van der Waals surface area contributed by atoms with Gasteiger partial charge in [-0.15, -0.1) is 0 Å². The van der Waals surface area contributed by atoms with E-state index in [0.29, 0.717) is 12.1 Å². The topological polar surface area (TPSA) is 114 Å². The molecular formula is C9H11F3N4O2. The molecule has 1 rings (SSSR count). The van der Waals surface area contributed by atoms with Gasteiger partial charge in [0, 0.05) is 0 Å². The van der Waals surface area contributed by atoms with E-state index in [1.165, 1.54) is 0 Å². The number of nitrogens with two attached hydrogens (primary N) is 2. The number of alkyl halides is 3. The van der Waals surface area contributed by atoms with Gasteiger partial charge in [0.2, 0.25) is 5.91 Å². The maximum Gasteiger partial charge on any atom is 0.416 e. The number of amides is 1. The van der Waals surface area contributed by atoms with Gasteiger partial charge in [-0.3, -0.25) is 4.79 Å². The fourth-order valence-corrected chi connectivity index (χ4v) is 1.11. The Balaban J connectivity index is 2.84. The van der Waals surface area contributed by atoms with Crippen LogP contribution in [0.3, 0.4) is 0 Å². The van der Waals surface area contributed by atoms with E-state index in [2.05, 4.69) is 10.3 Å². The van der Waals surface area contributed by atoms with Crippen molar-refractivity contribution in [3.05, 3.63) is 17.7 Å². The molecule has 100 valence electrons. The number of rotatable bonds is 4. The van der Waals surface area contributed by atoms with E-state index in [-0.39, 0.29) is 18.2 Å². The lowest BCUT2D eigenvalue weighted by Gasteiger charge is -2.12. The molecule has 0 aliphatic carbocycles. The number of aromatic nitrogens is 1.